The second-order valence-electron chi connectivity index (χ2n) is 5.06. The first-order valence-electron chi connectivity index (χ1n) is 6.33. The molecule has 0 fully saturated rings. The fourth-order valence-electron chi connectivity index (χ4n) is 1.69. The molecule has 0 aliphatic carbocycles. The molecule has 0 bridgehead atoms. The maximum Gasteiger partial charge on any atom is 0.203 e. The number of nitrogens with zero attached hydrogens (tertiary/aromatic N) is 2. The smallest absolute Gasteiger partial charge is 0.203 e. The van der Waals surface area contributed by atoms with E-state index in [1.54, 1.807) is 0 Å². The van der Waals surface area contributed by atoms with E-state index in [4.69, 9.17) is 0 Å². The summed E-state index contributed by atoms with van der Waals surface area (Å²) >= 11 is 0. The molecule has 0 radical (unpaired) electrons. The Morgan fingerprint density at radius 1 is 1.31 bits per heavy atom. The zero-order valence-electron chi connectivity index (χ0n) is 11.2. The lowest BCUT2D eigenvalue weighted by molar-refractivity contribution is 0.372. The maximum absolute atomic E-state index is 4.38. The molecule has 0 aliphatic rings. The standard InChI is InChI=1S/C13H25N3/c1-6-11(4)12(5)16-8-7-14-13(16)15-9-10(2)3/h7-8,10-12H,6,9H2,1-5H3,(H,14,15). The molecule has 2 unspecified atom stereocenters. The molecule has 2 atom stereocenters. The van der Waals surface area contributed by atoms with Crippen molar-refractivity contribution in [1.82, 2.24) is 9.55 Å². The maximum atomic E-state index is 4.38. The molecule has 0 amide bonds. The van der Waals surface area contributed by atoms with Crippen LogP contribution in [0.3, 0.4) is 0 Å². The van der Waals surface area contributed by atoms with Crippen LogP contribution in [0.5, 0.6) is 0 Å². The van der Waals surface area contributed by atoms with E-state index in [1.165, 1.54) is 6.42 Å². The number of anilines is 1. The van der Waals surface area contributed by atoms with Crippen LogP contribution in [0.15, 0.2) is 12.4 Å². The lowest BCUT2D eigenvalue weighted by Gasteiger charge is -2.22. The molecule has 1 aromatic rings. The van der Waals surface area contributed by atoms with Crippen LogP contribution in [-0.4, -0.2) is 16.1 Å². The predicted molar refractivity (Wildman–Crippen MR) is 69.7 cm³/mol. The third-order valence-corrected chi connectivity index (χ3v) is 3.24. The van der Waals surface area contributed by atoms with Gasteiger partial charge >= 0.3 is 0 Å². The number of nitrogens with one attached hydrogen (secondary N) is 1. The molecule has 0 saturated heterocycles. The highest BCUT2D eigenvalue weighted by Gasteiger charge is 2.15. The van der Waals surface area contributed by atoms with Gasteiger partial charge in [0.15, 0.2) is 0 Å². The van der Waals surface area contributed by atoms with Gasteiger partial charge in [0, 0.05) is 25.0 Å². The molecule has 1 rings (SSSR count). The van der Waals surface area contributed by atoms with Gasteiger partial charge in [0.05, 0.1) is 0 Å². The molecule has 1 aromatic heterocycles. The first kappa shape index (κ1) is 13.1. The SMILES string of the molecule is CCC(C)C(C)n1ccnc1NCC(C)C. The van der Waals surface area contributed by atoms with Crippen molar-refractivity contribution >= 4 is 5.95 Å². The zero-order valence-corrected chi connectivity index (χ0v) is 11.2. The summed E-state index contributed by atoms with van der Waals surface area (Å²) in [5.41, 5.74) is 0. The summed E-state index contributed by atoms with van der Waals surface area (Å²) in [5, 5.41) is 3.40. The van der Waals surface area contributed by atoms with Crippen LogP contribution in [0.4, 0.5) is 5.95 Å². The molecule has 0 aromatic carbocycles. The highest BCUT2D eigenvalue weighted by Crippen LogP contribution is 2.23. The van der Waals surface area contributed by atoms with Crippen molar-refractivity contribution in [2.45, 2.75) is 47.1 Å². The lowest BCUT2D eigenvalue weighted by atomic mass is 10.0. The Kier molecular flexibility index (Phi) is 4.84. The fraction of sp³-hybridized carbons (Fsp3) is 0.769. The summed E-state index contributed by atoms with van der Waals surface area (Å²) in [6, 6.07) is 0.502. The quantitative estimate of drug-likeness (QED) is 0.799. The van der Waals surface area contributed by atoms with Gasteiger partial charge in [-0.15, -0.1) is 0 Å². The third-order valence-electron chi connectivity index (χ3n) is 3.24. The van der Waals surface area contributed by atoms with Gasteiger partial charge in [0.2, 0.25) is 5.95 Å². The molecular weight excluding hydrogens is 198 g/mol. The van der Waals surface area contributed by atoms with Gasteiger partial charge in [-0.25, -0.2) is 4.98 Å². The van der Waals surface area contributed by atoms with E-state index in [0.717, 1.165) is 12.5 Å². The van der Waals surface area contributed by atoms with Crippen LogP contribution in [0.1, 0.15) is 47.1 Å². The minimum absolute atomic E-state index is 0.502. The van der Waals surface area contributed by atoms with Gasteiger partial charge in [0.1, 0.15) is 0 Å². The van der Waals surface area contributed by atoms with Crippen molar-refractivity contribution in [2.75, 3.05) is 11.9 Å². The van der Waals surface area contributed by atoms with E-state index >= 15 is 0 Å². The predicted octanol–water partition coefficient (Wildman–Crippen LogP) is 3.56. The third kappa shape index (κ3) is 3.26. The second-order valence-corrected chi connectivity index (χ2v) is 5.06. The van der Waals surface area contributed by atoms with Crippen molar-refractivity contribution in [1.29, 1.82) is 0 Å². The first-order chi connectivity index (χ1) is 7.56. The van der Waals surface area contributed by atoms with Gasteiger partial charge in [0.25, 0.3) is 0 Å². The fourth-order valence-corrected chi connectivity index (χ4v) is 1.69. The Morgan fingerprint density at radius 3 is 2.56 bits per heavy atom. The number of hydrogen-bond acceptors (Lipinski definition) is 2. The normalized spacial score (nSPS) is 15.1. The van der Waals surface area contributed by atoms with Gasteiger partial charge in [-0.3, -0.25) is 0 Å². The summed E-state index contributed by atoms with van der Waals surface area (Å²) in [7, 11) is 0. The molecule has 1 N–H and O–H groups in total. The minimum Gasteiger partial charge on any atom is -0.355 e. The molecule has 0 spiro atoms. The highest BCUT2D eigenvalue weighted by atomic mass is 15.2. The topological polar surface area (TPSA) is 29.9 Å². The van der Waals surface area contributed by atoms with Crippen LogP contribution in [0, 0.1) is 11.8 Å². The lowest BCUT2D eigenvalue weighted by Crippen LogP contribution is -2.18. The number of imidazole rings is 1. The molecule has 0 aliphatic heterocycles. The van der Waals surface area contributed by atoms with Gasteiger partial charge in [-0.2, -0.15) is 0 Å². The van der Waals surface area contributed by atoms with E-state index < -0.39 is 0 Å². The van der Waals surface area contributed by atoms with Crippen LogP contribution in [0.25, 0.3) is 0 Å². The van der Waals surface area contributed by atoms with E-state index in [0.29, 0.717) is 17.9 Å². The average Bonchev–Trinajstić information content (AvgIpc) is 2.72. The molecule has 3 heteroatoms. The summed E-state index contributed by atoms with van der Waals surface area (Å²) in [4.78, 5) is 4.38. The van der Waals surface area contributed by atoms with E-state index in [1.807, 2.05) is 6.20 Å². The largest absolute Gasteiger partial charge is 0.355 e. The van der Waals surface area contributed by atoms with Crippen molar-refractivity contribution < 1.29 is 0 Å². The molecule has 92 valence electrons. The van der Waals surface area contributed by atoms with E-state index in [2.05, 4.69) is 55.7 Å². The minimum atomic E-state index is 0.502. The molecule has 0 saturated carbocycles. The average molecular weight is 223 g/mol. The molecular formula is C13H25N3. The number of hydrogen-bond donors (Lipinski definition) is 1. The van der Waals surface area contributed by atoms with Crippen molar-refractivity contribution in [3.8, 4) is 0 Å². The van der Waals surface area contributed by atoms with Crippen molar-refractivity contribution in [3.05, 3.63) is 12.4 Å². The Balaban J connectivity index is 2.69. The molecule has 3 nitrogen and oxygen atoms in total. The first-order valence-corrected chi connectivity index (χ1v) is 6.33. The molecule has 1 heterocycles. The van der Waals surface area contributed by atoms with Crippen LogP contribution >= 0.6 is 0 Å². The van der Waals surface area contributed by atoms with Gasteiger partial charge in [-0.05, 0) is 18.8 Å². The zero-order chi connectivity index (χ0) is 12.1. The van der Waals surface area contributed by atoms with Crippen molar-refractivity contribution in [2.24, 2.45) is 11.8 Å². The van der Waals surface area contributed by atoms with Gasteiger partial charge < -0.3 is 9.88 Å². The summed E-state index contributed by atoms with van der Waals surface area (Å²) in [6.45, 7) is 12.2. The number of rotatable bonds is 6. The molecule has 16 heavy (non-hydrogen) atoms. The van der Waals surface area contributed by atoms with Crippen LogP contribution in [-0.2, 0) is 0 Å². The Labute approximate surface area is 99.3 Å². The second kappa shape index (κ2) is 5.92. The summed E-state index contributed by atoms with van der Waals surface area (Å²) in [6.07, 6.45) is 5.14. The van der Waals surface area contributed by atoms with E-state index in [9.17, 15) is 0 Å². The Hall–Kier alpha value is -0.990. The van der Waals surface area contributed by atoms with Crippen LogP contribution in [0.2, 0.25) is 0 Å². The Morgan fingerprint density at radius 2 is 2.00 bits per heavy atom. The van der Waals surface area contributed by atoms with Crippen LogP contribution < -0.4 is 5.32 Å². The highest BCUT2D eigenvalue weighted by molar-refractivity contribution is 5.26. The Bertz CT molecular complexity index is 304. The number of aromatic nitrogens is 2. The van der Waals surface area contributed by atoms with E-state index in [-0.39, 0.29) is 0 Å². The summed E-state index contributed by atoms with van der Waals surface area (Å²) < 4.78 is 2.25. The monoisotopic (exact) mass is 223 g/mol. The van der Waals surface area contributed by atoms with Crippen molar-refractivity contribution in [3.63, 3.8) is 0 Å². The summed E-state index contributed by atoms with van der Waals surface area (Å²) in [5.74, 6) is 2.32. The van der Waals surface area contributed by atoms with Gasteiger partial charge in [-0.1, -0.05) is 34.1 Å².